The summed E-state index contributed by atoms with van der Waals surface area (Å²) >= 11 is 0. The fourth-order valence-corrected chi connectivity index (χ4v) is 2.26. The van der Waals surface area contributed by atoms with Crippen molar-refractivity contribution in [3.8, 4) is 0 Å². The van der Waals surface area contributed by atoms with Crippen LogP contribution in [0.15, 0.2) is 18.3 Å². The van der Waals surface area contributed by atoms with Crippen LogP contribution in [0.3, 0.4) is 0 Å². The van der Waals surface area contributed by atoms with Crippen LogP contribution in [0.4, 0.5) is 0 Å². The van der Waals surface area contributed by atoms with E-state index < -0.39 is 0 Å². The van der Waals surface area contributed by atoms with E-state index in [1.165, 1.54) is 34.9 Å². The average Bonchev–Trinajstić information content (AvgIpc) is 2.70. The van der Waals surface area contributed by atoms with Gasteiger partial charge in [0, 0.05) is 5.39 Å². The van der Waals surface area contributed by atoms with Crippen molar-refractivity contribution in [1.29, 1.82) is 0 Å². The highest BCUT2D eigenvalue weighted by Gasteiger charge is 2.18. The van der Waals surface area contributed by atoms with E-state index in [9.17, 15) is 0 Å². The number of aromatic amines is 1. The Kier molecular flexibility index (Phi) is 1.29. The van der Waals surface area contributed by atoms with Crippen molar-refractivity contribution in [2.24, 2.45) is 0 Å². The monoisotopic (exact) mass is 172 g/mol. The second-order valence-electron chi connectivity index (χ2n) is 3.95. The Labute approximate surface area is 77.0 Å². The Balaban J connectivity index is 2.34. The minimum Gasteiger partial charge on any atom is -0.278 e. The van der Waals surface area contributed by atoms with E-state index in [4.69, 9.17) is 0 Å². The van der Waals surface area contributed by atoms with Crippen LogP contribution >= 0.6 is 0 Å². The Morgan fingerprint density at radius 2 is 2.38 bits per heavy atom. The first-order valence-electron chi connectivity index (χ1n) is 4.80. The molecule has 0 radical (unpaired) electrons. The molecule has 1 unspecified atom stereocenters. The van der Waals surface area contributed by atoms with Crippen LogP contribution in [-0.4, -0.2) is 10.2 Å². The molecule has 1 atom stereocenters. The van der Waals surface area contributed by atoms with Gasteiger partial charge < -0.3 is 0 Å². The maximum Gasteiger partial charge on any atom is 0.0653 e. The summed E-state index contributed by atoms with van der Waals surface area (Å²) in [4.78, 5) is 0. The molecule has 0 saturated carbocycles. The predicted molar refractivity (Wildman–Crippen MR) is 52.8 cm³/mol. The molecule has 1 aromatic heterocycles. The highest BCUT2D eigenvalue weighted by molar-refractivity contribution is 5.80. The van der Waals surface area contributed by atoms with E-state index >= 15 is 0 Å². The Hall–Kier alpha value is -1.31. The number of nitrogens with one attached hydrogen (secondary N) is 1. The summed E-state index contributed by atoms with van der Waals surface area (Å²) in [6.07, 6.45) is 4.43. The summed E-state index contributed by atoms with van der Waals surface area (Å²) in [5, 5.41) is 8.30. The van der Waals surface area contributed by atoms with Crippen molar-refractivity contribution in [2.45, 2.75) is 25.7 Å². The summed E-state index contributed by atoms with van der Waals surface area (Å²) in [6, 6.07) is 4.53. The summed E-state index contributed by atoms with van der Waals surface area (Å²) in [5.74, 6) is 0.731. The van der Waals surface area contributed by atoms with Crippen LogP contribution in [0.25, 0.3) is 10.9 Å². The van der Waals surface area contributed by atoms with Crippen molar-refractivity contribution in [3.63, 3.8) is 0 Å². The van der Waals surface area contributed by atoms with Gasteiger partial charge in [-0.05, 0) is 42.0 Å². The standard InChI is InChI=1S/C11H12N2/c1-7-2-3-8-5-11-9(4-10(7)8)6-12-13-11/h4-7H,2-3H2,1H3,(H,12,13). The minimum atomic E-state index is 0.731. The van der Waals surface area contributed by atoms with E-state index in [1.54, 1.807) is 0 Å². The van der Waals surface area contributed by atoms with Gasteiger partial charge in [-0.1, -0.05) is 6.92 Å². The molecule has 2 aromatic rings. The molecule has 1 aromatic carbocycles. The molecule has 1 N–H and O–H groups in total. The van der Waals surface area contributed by atoms with E-state index in [-0.39, 0.29) is 0 Å². The number of nitrogens with zero attached hydrogens (tertiary/aromatic N) is 1. The average molecular weight is 172 g/mol. The van der Waals surface area contributed by atoms with Gasteiger partial charge in [0.05, 0.1) is 11.7 Å². The first-order valence-corrected chi connectivity index (χ1v) is 4.80. The SMILES string of the molecule is CC1CCc2cc3[nH]ncc3cc21. The molecule has 1 aliphatic rings. The van der Waals surface area contributed by atoms with Crippen LogP contribution in [-0.2, 0) is 6.42 Å². The second kappa shape index (κ2) is 2.34. The van der Waals surface area contributed by atoms with Crippen LogP contribution in [0.1, 0.15) is 30.4 Å². The molecule has 0 aliphatic heterocycles. The fraction of sp³-hybridized carbons (Fsp3) is 0.364. The molecule has 13 heavy (non-hydrogen) atoms. The van der Waals surface area contributed by atoms with Crippen molar-refractivity contribution in [1.82, 2.24) is 10.2 Å². The maximum atomic E-state index is 4.04. The van der Waals surface area contributed by atoms with Gasteiger partial charge in [-0.2, -0.15) is 5.10 Å². The summed E-state index contributed by atoms with van der Waals surface area (Å²) in [7, 11) is 0. The molecule has 66 valence electrons. The predicted octanol–water partition coefficient (Wildman–Crippen LogP) is 2.61. The molecular weight excluding hydrogens is 160 g/mol. The third kappa shape index (κ3) is 0.916. The molecule has 3 rings (SSSR count). The van der Waals surface area contributed by atoms with Crippen molar-refractivity contribution in [3.05, 3.63) is 29.5 Å². The van der Waals surface area contributed by atoms with Crippen LogP contribution < -0.4 is 0 Å². The number of hydrogen-bond acceptors (Lipinski definition) is 1. The molecule has 0 fully saturated rings. The number of H-pyrrole nitrogens is 1. The number of aryl methyl sites for hydroxylation is 1. The summed E-state index contributed by atoms with van der Waals surface area (Å²) in [5.41, 5.74) is 4.20. The number of benzene rings is 1. The fourth-order valence-electron chi connectivity index (χ4n) is 2.26. The Bertz CT molecular complexity index is 456. The smallest absolute Gasteiger partial charge is 0.0653 e. The molecule has 0 amide bonds. The quantitative estimate of drug-likeness (QED) is 0.650. The first kappa shape index (κ1) is 7.13. The number of hydrogen-bond donors (Lipinski definition) is 1. The third-order valence-corrected chi connectivity index (χ3v) is 3.08. The lowest BCUT2D eigenvalue weighted by atomic mass is 10.0. The van der Waals surface area contributed by atoms with Crippen molar-refractivity contribution < 1.29 is 0 Å². The number of rotatable bonds is 0. The highest BCUT2D eigenvalue weighted by atomic mass is 15.1. The molecule has 1 aliphatic carbocycles. The largest absolute Gasteiger partial charge is 0.278 e. The van der Waals surface area contributed by atoms with E-state index in [0.717, 1.165) is 5.92 Å². The number of fused-ring (bicyclic) bond motifs is 2. The normalized spacial score (nSPS) is 20.8. The maximum absolute atomic E-state index is 4.04. The second-order valence-corrected chi connectivity index (χ2v) is 3.95. The Morgan fingerprint density at radius 3 is 3.31 bits per heavy atom. The zero-order valence-corrected chi connectivity index (χ0v) is 7.67. The van der Waals surface area contributed by atoms with Gasteiger partial charge in [0.2, 0.25) is 0 Å². The molecular formula is C11H12N2. The minimum absolute atomic E-state index is 0.731. The van der Waals surface area contributed by atoms with Crippen LogP contribution in [0.2, 0.25) is 0 Å². The van der Waals surface area contributed by atoms with E-state index in [2.05, 4.69) is 29.3 Å². The summed E-state index contributed by atoms with van der Waals surface area (Å²) < 4.78 is 0. The van der Waals surface area contributed by atoms with Crippen molar-refractivity contribution in [2.75, 3.05) is 0 Å². The molecule has 1 heterocycles. The highest BCUT2D eigenvalue weighted by Crippen LogP contribution is 2.34. The lowest BCUT2D eigenvalue weighted by Crippen LogP contribution is -1.85. The van der Waals surface area contributed by atoms with Crippen LogP contribution in [0.5, 0.6) is 0 Å². The molecule has 0 bridgehead atoms. The third-order valence-electron chi connectivity index (χ3n) is 3.08. The van der Waals surface area contributed by atoms with Gasteiger partial charge in [-0.25, -0.2) is 0 Å². The van der Waals surface area contributed by atoms with Gasteiger partial charge in [0.1, 0.15) is 0 Å². The topological polar surface area (TPSA) is 28.7 Å². The van der Waals surface area contributed by atoms with E-state index in [0.29, 0.717) is 0 Å². The van der Waals surface area contributed by atoms with Gasteiger partial charge in [-0.3, -0.25) is 5.10 Å². The molecule has 0 spiro atoms. The van der Waals surface area contributed by atoms with E-state index in [1.807, 2.05) is 6.20 Å². The van der Waals surface area contributed by atoms with Gasteiger partial charge in [0.25, 0.3) is 0 Å². The lowest BCUT2D eigenvalue weighted by molar-refractivity contribution is 0.747. The summed E-state index contributed by atoms with van der Waals surface area (Å²) in [6.45, 7) is 2.30. The van der Waals surface area contributed by atoms with Crippen LogP contribution in [0, 0.1) is 0 Å². The van der Waals surface area contributed by atoms with Gasteiger partial charge in [0.15, 0.2) is 0 Å². The first-order chi connectivity index (χ1) is 6.34. The van der Waals surface area contributed by atoms with Gasteiger partial charge >= 0.3 is 0 Å². The van der Waals surface area contributed by atoms with Crippen molar-refractivity contribution >= 4 is 10.9 Å². The molecule has 2 heteroatoms. The Morgan fingerprint density at radius 1 is 1.46 bits per heavy atom. The number of aromatic nitrogens is 2. The molecule has 2 nitrogen and oxygen atoms in total. The van der Waals surface area contributed by atoms with Gasteiger partial charge in [-0.15, -0.1) is 0 Å². The lowest BCUT2D eigenvalue weighted by Gasteiger charge is -2.03. The zero-order chi connectivity index (χ0) is 8.84. The zero-order valence-electron chi connectivity index (χ0n) is 7.67. The molecule has 0 saturated heterocycles.